The molecule has 0 aliphatic rings. The van der Waals surface area contributed by atoms with Crippen LogP contribution in [0.2, 0.25) is 0 Å². The van der Waals surface area contributed by atoms with E-state index < -0.39 is 17.4 Å². The van der Waals surface area contributed by atoms with Gasteiger partial charge in [0.25, 0.3) is 0 Å². The molecule has 154 valence electrons. The van der Waals surface area contributed by atoms with Gasteiger partial charge in [-0.3, -0.25) is 14.7 Å². The van der Waals surface area contributed by atoms with Gasteiger partial charge in [0.2, 0.25) is 0 Å². The van der Waals surface area contributed by atoms with Crippen molar-refractivity contribution in [2.24, 2.45) is 0 Å². The Labute approximate surface area is 179 Å². The normalized spacial score (nSPS) is 11.1. The average Bonchev–Trinajstić information content (AvgIpc) is 3.36. The Bertz CT molecular complexity index is 1240. The summed E-state index contributed by atoms with van der Waals surface area (Å²) < 4.78 is 32.7. The Hall–Kier alpha value is -2.96. The van der Waals surface area contributed by atoms with Gasteiger partial charge in [0, 0.05) is 16.1 Å². The van der Waals surface area contributed by atoms with Crippen LogP contribution in [0.15, 0.2) is 50.4 Å². The Morgan fingerprint density at radius 3 is 2.60 bits per heavy atom. The van der Waals surface area contributed by atoms with Gasteiger partial charge in [0.15, 0.2) is 11.6 Å². The van der Waals surface area contributed by atoms with Gasteiger partial charge in [-0.15, -0.1) is 11.3 Å². The molecule has 30 heavy (non-hydrogen) atoms. The zero-order valence-corrected chi connectivity index (χ0v) is 17.4. The van der Waals surface area contributed by atoms with Crippen molar-refractivity contribution in [3.05, 3.63) is 68.9 Å². The summed E-state index contributed by atoms with van der Waals surface area (Å²) in [5.41, 5.74) is 0.387. The van der Waals surface area contributed by atoms with Crippen molar-refractivity contribution in [3.63, 3.8) is 0 Å². The van der Waals surface area contributed by atoms with Gasteiger partial charge in [-0.25, -0.2) is 28.6 Å². The number of halogens is 3. The van der Waals surface area contributed by atoms with Crippen LogP contribution in [0, 0.1) is 11.6 Å². The summed E-state index contributed by atoms with van der Waals surface area (Å²) in [5.74, 6) is -1.58. The van der Waals surface area contributed by atoms with Crippen molar-refractivity contribution < 1.29 is 18.5 Å². The molecule has 3 heterocycles. The first kappa shape index (κ1) is 20.3. The largest absolute Gasteiger partial charge is 0.439 e. The topological polar surface area (TPSA) is 108 Å². The van der Waals surface area contributed by atoms with E-state index >= 15 is 0 Å². The van der Waals surface area contributed by atoms with Gasteiger partial charge in [0.05, 0.1) is 22.0 Å². The van der Waals surface area contributed by atoms with E-state index in [-0.39, 0.29) is 24.3 Å². The summed E-state index contributed by atoms with van der Waals surface area (Å²) in [6.07, 6.45) is 1.20. The Balaban J connectivity index is 1.51. The van der Waals surface area contributed by atoms with Crippen molar-refractivity contribution >= 4 is 33.1 Å². The molecule has 0 aliphatic heterocycles. The summed E-state index contributed by atoms with van der Waals surface area (Å²) in [7, 11) is 0. The maximum absolute atomic E-state index is 14.0. The monoisotopic (exact) mass is 495 g/mol. The standard InChI is InChI=1S/C18H12BrF2N5O3S/c19-9-5-11(20)10(12(21)6-9)3-4-26(28)16-7-13(22-8-23-16)14-1-2-15(30-14)17-24-18(27)29-25-17/h1-2,5-8,28H,3-4H2,(H,24,25,27). The van der Waals surface area contributed by atoms with E-state index in [1.54, 1.807) is 12.1 Å². The van der Waals surface area contributed by atoms with E-state index in [0.717, 1.165) is 9.94 Å². The maximum Gasteiger partial charge on any atom is 0.439 e. The van der Waals surface area contributed by atoms with Crippen molar-refractivity contribution in [1.82, 2.24) is 20.1 Å². The third kappa shape index (κ3) is 4.30. The fraction of sp³-hybridized carbons (Fsp3) is 0.111. The summed E-state index contributed by atoms with van der Waals surface area (Å²) >= 11 is 4.33. The van der Waals surface area contributed by atoms with Crippen LogP contribution in [0.25, 0.3) is 21.3 Å². The van der Waals surface area contributed by atoms with Crippen LogP contribution in [0.4, 0.5) is 14.6 Å². The van der Waals surface area contributed by atoms with Crippen LogP contribution in [0.5, 0.6) is 0 Å². The number of rotatable bonds is 6. The minimum atomic E-state index is -0.698. The van der Waals surface area contributed by atoms with Gasteiger partial charge < -0.3 is 0 Å². The van der Waals surface area contributed by atoms with Gasteiger partial charge in [0.1, 0.15) is 18.0 Å². The number of hydrogen-bond donors (Lipinski definition) is 2. The van der Waals surface area contributed by atoms with Crippen molar-refractivity contribution in [2.45, 2.75) is 6.42 Å². The molecule has 0 unspecified atom stereocenters. The van der Waals surface area contributed by atoms with Crippen molar-refractivity contribution in [1.29, 1.82) is 0 Å². The Morgan fingerprint density at radius 2 is 1.90 bits per heavy atom. The number of anilines is 1. The number of thiophene rings is 1. The fourth-order valence-corrected chi connectivity index (χ4v) is 4.02. The van der Waals surface area contributed by atoms with Crippen LogP contribution in [0.1, 0.15) is 5.56 Å². The van der Waals surface area contributed by atoms with Gasteiger partial charge in [-0.1, -0.05) is 21.1 Å². The van der Waals surface area contributed by atoms with Crippen LogP contribution in [-0.2, 0) is 6.42 Å². The Morgan fingerprint density at radius 1 is 1.17 bits per heavy atom. The number of hydroxylamine groups is 1. The molecular weight excluding hydrogens is 484 g/mol. The van der Waals surface area contributed by atoms with E-state index in [1.165, 1.54) is 35.9 Å². The van der Waals surface area contributed by atoms with Crippen LogP contribution in [-0.4, -0.2) is 31.9 Å². The molecule has 3 aromatic heterocycles. The first-order valence-corrected chi connectivity index (χ1v) is 10.1. The molecule has 0 radical (unpaired) electrons. The minimum Gasteiger partial charge on any atom is -0.296 e. The fourth-order valence-electron chi connectivity index (χ4n) is 2.70. The van der Waals surface area contributed by atoms with E-state index in [0.29, 0.717) is 20.9 Å². The molecule has 4 rings (SSSR count). The van der Waals surface area contributed by atoms with E-state index in [9.17, 15) is 18.8 Å². The molecule has 2 N–H and O–H groups in total. The molecule has 4 aromatic rings. The van der Waals surface area contributed by atoms with E-state index in [1.807, 2.05) is 0 Å². The predicted octanol–water partition coefficient (Wildman–Crippen LogP) is 4.03. The summed E-state index contributed by atoms with van der Waals surface area (Å²) in [4.78, 5) is 23.1. The van der Waals surface area contributed by atoms with Crippen LogP contribution in [0.3, 0.4) is 0 Å². The third-order valence-corrected chi connectivity index (χ3v) is 5.70. The molecule has 1 aromatic carbocycles. The predicted molar refractivity (Wildman–Crippen MR) is 108 cm³/mol. The van der Waals surface area contributed by atoms with Gasteiger partial charge in [-0.2, -0.15) is 0 Å². The summed E-state index contributed by atoms with van der Waals surface area (Å²) in [6, 6.07) is 7.38. The highest BCUT2D eigenvalue weighted by molar-refractivity contribution is 9.10. The second kappa shape index (κ2) is 8.42. The second-order valence-electron chi connectivity index (χ2n) is 6.09. The SMILES string of the molecule is O=c1[nH]c(-c2ccc(-c3cc(N(O)CCc4c(F)cc(Br)cc4F)ncn3)s2)no1. The maximum atomic E-state index is 14.0. The first-order chi connectivity index (χ1) is 14.4. The zero-order chi connectivity index (χ0) is 21.3. The zero-order valence-electron chi connectivity index (χ0n) is 15.0. The highest BCUT2D eigenvalue weighted by Crippen LogP contribution is 2.32. The molecule has 0 spiro atoms. The first-order valence-electron chi connectivity index (χ1n) is 8.49. The molecule has 0 fully saturated rings. The third-order valence-electron chi connectivity index (χ3n) is 4.13. The lowest BCUT2D eigenvalue weighted by molar-refractivity contribution is 0.251. The summed E-state index contributed by atoms with van der Waals surface area (Å²) in [5, 5.41) is 14.7. The molecule has 8 nitrogen and oxygen atoms in total. The molecule has 0 bridgehead atoms. The lowest BCUT2D eigenvalue weighted by atomic mass is 10.1. The average molecular weight is 496 g/mol. The molecule has 0 saturated carbocycles. The van der Waals surface area contributed by atoms with Gasteiger partial charge in [-0.05, 0) is 30.7 Å². The number of nitrogens with zero attached hydrogens (tertiary/aromatic N) is 4. The molecule has 0 amide bonds. The van der Waals surface area contributed by atoms with Crippen molar-refractivity contribution in [2.75, 3.05) is 11.6 Å². The number of H-pyrrole nitrogens is 1. The number of hydrogen-bond acceptors (Lipinski definition) is 8. The van der Waals surface area contributed by atoms with E-state index in [4.69, 9.17) is 0 Å². The number of nitrogens with one attached hydrogen (secondary N) is 1. The highest BCUT2D eigenvalue weighted by atomic mass is 79.9. The number of aromatic amines is 1. The lowest BCUT2D eigenvalue weighted by Gasteiger charge is -2.16. The molecule has 0 atom stereocenters. The molecular formula is C18H12BrF2N5O3S. The van der Waals surface area contributed by atoms with E-state index in [2.05, 4.69) is 40.6 Å². The number of benzene rings is 1. The second-order valence-corrected chi connectivity index (χ2v) is 8.09. The number of aromatic nitrogens is 4. The lowest BCUT2D eigenvalue weighted by Crippen LogP contribution is -2.23. The van der Waals surface area contributed by atoms with Gasteiger partial charge >= 0.3 is 5.76 Å². The minimum absolute atomic E-state index is 0.0660. The molecule has 0 saturated heterocycles. The quantitative estimate of drug-likeness (QED) is 0.388. The molecule has 12 heteroatoms. The van der Waals surface area contributed by atoms with Crippen LogP contribution >= 0.6 is 27.3 Å². The smallest absolute Gasteiger partial charge is 0.296 e. The summed E-state index contributed by atoms with van der Waals surface area (Å²) in [6.45, 7) is -0.0816. The Kier molecular flexibility index (Phi) is 5.70. The molecule has 0 aliphatic carbocycles. The van der Waals surface area contributed by atoms with Crippen molar-refractivity contribution in [3.8, 4) is 21.3 Å². The van der Waals surface area contributed by atoms with Crippen LogP contribution < -0.4 is 10.8 Å². The highest BCUT2D eigenvalue weighted by Gasteiger charge is 2.15.